The third-order valence-electron chi connectivity index (χ3n) is 5.59. The Kier molecular flexibility index (Phi) is 5.99. The van der Waals surface area contributed by atoms with E-state index in [0.29, 0.717) is 11.4 Å². The summed E-state index contributed by atoms with van der Waals surface area (Å²) in [5.74, 6) is 1.20. The van der Waals surface area contributed by atoms with Crippen LogP contribution in [-0.2, 0) is 0 Å². The molecule has 0 unspecified atom stereocenters. The first kappa shape index (κ1) is 22.0. The van der Waals surface area contributed by atoms with Gasteiger partial charge in [0.05, 0.1) is 34.5 Å². The molecule has 0 saturated heterocycles. The number of allylic oxidation sites excluding steroid dienone is 2. The number of ether oxygens (including phenoxy) is 1. The molecule has 158 valence electrons. The fraction of sp³-hybridized carbons (Fsp3) is 0.333. The molecule has 0 amide bonds. The minimum atomic E-state index is 0.423. The van der Waals surface area contributed by atoms with Gasteiger partial charge < -0.3 is 10.5 Å². The molecule has 0 fully saturated rings. The second-order valence-corrected chi connectivity index (χ2v) is 9.03. The zero-order valence-corrected chi connectivity index (χ0v) is 19.7. The van der Waals surface area contributed by atoms with Crippen LogP contribution in [0.25, 0.3) is 16.6 Å². The summed E-state index contributed by atoms with van der Waals surface area (Å²) in [7, 11) is 1.66. The van der Waals surface area contributed by atoms with Crippen molar-refractivity contribution < 1.29 is 9.53 Å². The molecule has 1 aromatic carbocycles. The lowest BCUT2D eigenvalue weighted by atomic mass is 10.1. The van der Waals surface area contributed by atoms with Gasteiger partial charge in [-0.1, -0.05) is 23.4 Å². The Morgan fingerprint density at radius 2 is 1.80 bits per heavy atom. The minimum absolute atomic E-state index is 0.423. The largest absolute Gasteiger partial charge is 0.496 e. The molecule has 0 aliphatic rings. The molecule has 30 heavy (non-hydrogen) atoms. The van der Waals surface area contributed by atoms with Gasteiger partial charge in [0.1, 0.15) is 11.6 Å². The van der Waals surface area contributed by atoms with E-state index in [1.165, 1.54) is 10.5 Å². The van der Waals surface area contributed by atoms with E-state index in [1.54, 1.807) is 18.9 Å². The lowest BCUT2D eigenvalue weighted by molar-refractivity contribution is 0.112. The van der Waals surface area contributed by atoms with Crippen LogP contribution in [0, 0.1) is 27.7 Å². The number of benzene rings is 1. The van der Waals surface area contributed by atoms with Crippen molar-refractivity contribution in [2.24, 2.45) is 0 Å². The van der Waals surface area contributed by atoms with Crippen LogP contribution >= 0.6 is 11.8 Å². The van der Waals surface area contributed by atoms with Crippen LogP contribution in [0.4, 0.5) is 5.82 Å². The number of aldehydes is 1. The molecule has 5 nitrogen and oxygen atoms in total. The second kappa shape index (κ2) is 8.19. The number of hydrogen-bond acceptors (Lipinski definition) is 5. The van der Waals surface area contributed by atoms with Gasteiger partial charge in [0, 0.05) is 16.6 Å². The summed E-state index contributed by atoms with van der Waals surface area (Å²) in [5, 5.41) is 0.804. The highest BCUT2D eigenvalue weighted by Gasteiger charge is 2.25. The van der Waals surface area contributed by atoms with Crippen LogP contribution in [0.15, 0.2) is 27.5 Å². The predicted octanol–water partition coefficient (Wildman–Crippen LogP) is 6.07. The number of carbonyl (C=O) groups excluding carboxylic acids is 1. The number of nitrogens with zero attached hydrogens (tertiary/aromatic N) is 2. The summed E-state index contributed by atoms with van der Waals surface area (Å²) in [6.07, 6.45) is 0.839. The van der Waals surface area contributed by atoms with Crippen molar-refractivity contribution in [1.82, 2.24) is 9.55 Å². The van der Waals surface area contributed by atoms with Crippen molar-refractivity contribution in [1.29, 1.82) is 0 Å². The van der Waals surface area contributed by atoms with Crippen molar-refractivity contribution in [3.63, 3.8) is 0 Å². The van der Waals surface area contributed by atoms with Crippen molar-refractivity contribution >= 4 is 34.8 Å². The van der Waals surface area contributed by atoms with Gasteiger partial charge in [-0.15, -0.1) is 0 Å². The molecule has 6 heteroatoms. The number of nitrogens with two attached hydrogens (primary N) is 1. The van der Waals surface area contributed by atoms with E-state index in [2.05, 4.69) is 20.8 Å². The highest BCUT2D eigenvalue weighted by Crippen LogP contribution is 2.43. The second-order valence-electron chi connectivity index (χ2n) is 7.80. The fourth-order valence-corrected chi connectivity index (χ4v) is 4.82. The maximum atomic E-state index is 12.1. The molecular weight excluding hydrogens is 394 g/mol. The Labute approximate surface area is 182 Å². The van der Waals surface area contributed by atoms with Crippen LogP contribution in [0.1, 0.15) is 53.6 Å². The number of rotatable bonds is 5. The van der Waals surface area contributed by atoms with Crippen molar-refractivity contribution in [2.75, 3.05) is 12.8 Å². The predicted molar refractivity (Wildman–Crippen MR) is 126 cm³/mol. The van der Waals surface area contributed by atoms with E-state index in [1.807, 2.05) is 44.4 Å². The van der Waals surface area contributed by atoms with E-state index in [0.717, 1.165) is 56.0 Å². The number of anilines is 1. The maximum Gasteiger partial charge on any atom is 0.154 e. The maximum absolute atomic E-state index is 12.1. The number of methoxy groups -OCH3 is 1. The number of nitrogen functional groups attached to an aromatic ring is 1. The lowest BCUT2D eigenvalue weighted by Gasteiger charge is -2.19. The Balaban J connectivity index is 2.58. The zero-order valence-electron chi connectivity index (χ0n) is 18.9. The van der Waals surface area contributed by atoms with Crippen LogP contribution in [-0.4, -0.2) is 22.9 Å². The number of carbonyl (C=O) groups is 1. The van der Waals surface area contributed by atoms with Crippen LogP contribution in [0.5, 0.6) is 5.75 Å². The van der Waals surface area contributed by atoms with Crippen LogP contribution in [0.2, 0.25) is 0 Å². The van der Waals surface area contributed by atoms with Gasteiger partial charge >= 0.3 is 0 Å². The average Bonchev–Trinajstić information content (AvgIpc) is 2.97. The number of hydrogen-bond donors (Lipinski definition) is 1. The van der Waals surface area contributed by atoms with E-state index in [4.69, 9.17) is 15.5 Å². The third-order valence-corrected chi connectivity index (χ3v) is 7.00. The van der Waals surface area contributed by atoms with Gasteiger partial charge in [-0.2, -0.15) is 0 Å². The first-order valence-corrected chi connectivity index (χ1v) is 10.7. The minimum Gasteiger partial charge on any atom is -0.496 e. The van der Waals surface area contributed by atoms with Gasteiger partial charge in [-0.05, 0) is 65.0 Å². The molecular formula is C24H29N3O2S. The average molecular weight is 424 g/mol. The molecule has 0 atom stereocenters. The molecule has 2 heterocycles. The first-order valence-electron chi connectivity index (χ1n) is 9.86. The molecule has 0 saturated carbocycles. The number of thioether (sulfide) groups is 1. The number of pyridine rings is 1. The Morgan fingerprint density at radius 3 is 2.37 bits per heavy atom. The van der Waals surface area contributed by atoms with E-state index < -0.39 is 0 Å². The van der Waals surface area contributed by atoms with E-state index in [9.17, 15) is 4.79 Å². The normalized spacial score (nSPS) is 11.1. The molecule has 0 radical (unpaired) electrons. The topological polar surface area (TPSA) is 70.1 Å². The molecule has 0 spiro atoms. The molecule has 2 aromatic heterocycles. The highest BCUT2D eigenvalue weighted by atomic mass is 32.2. The Hall–Kier alpha value is -2.73. The first-order chi connectivity index (χ1) is 14.1. The van der Waals surface area contributed by atoms with E-state index >= 15 is 0 Å². The van der Waals surface area contributed by atoms with Crippen molar-refractivity contribution in [3.05, 3.63) is 50.7 Å². The van der Waals surface area contributed by atoms with Crippen LogP contribution in [0.3, 0.4) is 0 Å². The summed E-state index contributed by atoms with van der Waals surface area (Å²) in [5.41, 5.74) is 13.9. The molecule has 0 aliphatic carbocycles. The summed E-state index contributed by atoms with van der Waals surface area (Å²) in [6.45, 7) is 14.3. The summed E-state index contributed by atoms with van der Waals surface area (Å²) < 4.78 is 7.58. The smallest absolute Gasteiger partial charge is 0.154 e. The molecule has 0 aliphatic heterocycles. The highest BCUT2D eigenvalue weighted by molar-refractivity contribution is 8.03. The number of fused-ring (bicyclic) bond motifs is 1. The molecule has 0 bridgehead atoms. The SMILES string of the molecule is COc1ccc(C)c(-n2c(N)c(C=O)c3c(C)nc(C)c(SC(C)=C(C)C)c32)c1C. The molecule has 3 rings (SSSR count). The van der Waals surface area contributed by atoms with Crippen LogP contribution < -0.4 is 10.5 Å². The van der Waals surface area contributed by atoms with Gasteiger partial charge in [0.25, 0.3) is 0 Å². The third kappa shape index (κ3) is 3.39. The standard InChI is InChI=1S/C24H29N3O2S/c1-12(2)17(7)30-23-16(6)26-15(5)20-18(11-28)24(25)27(22(20)23)21-13(3)9-10-19(29-8)14(21)4/h9-11H,25H2,1-8H3. The lowest BCUT2D eigenvalue weighted by Crippen LogP contribution is -2.07. The van der Waals surface area contributed by atoms with Gasteiger partial charge in [-0.25, -0.2) is 0 Å². The summed E-state index contributed by atoms with van der Waals surface area (Å²) in [4.78, 5) is 19.1. The number of aryl methyl sites for hydroxylation is 3. The molecule has 3 aromatic rings. The fourth-order valence-electron chi connectivity index (χ4n) is 3.83. The quantitative estimate of drug-likeness (QED) is 0.398. The Bertz CT molecular complexity index is 1200. The summed E-state index contributed by atoms with van der Waals surface area (Å²) in [6, 6.07) is 3.97. The zero-order chi connectivity index (χ0) is 22.3. The van der Waals surface area contributed by atoms with Gasteiger partial charge in [0.15, 0.2) is 6.29 Å². The van der Waals surface area contributed by atoms with Crippen molar-refractivity contribution in [2.45, 2.75) is 53.4 Å². The number of aromatic nitrogens is 2. The van der Waals surface area contributed by atoms with Gasteiger partial charge in [0.2, 0.25) is 0 Å². The monoisotopic (exact) mass is 423 g/mol. The van der Waals surface area contributed by atoms with E-state index in [-0.39, 0.29) is 0 Å². The van der Waals surface area contributed by atoms with Crippen molar-refractivity contribution in [3.8, 4) is 11.4 Å². The van der Waals surface area contributed by atoms with Gasteiger partial charge in [-0.3, -0.25) is 14.3 Å². The molecule has 2 N–H and O–H groups in total. The summed E-state index contributed by atoms with van der Waals surface area (Å²) >= 11 is 1.67. The Morgan fingerprint density at radius 1 is 1.13 bits per heavy atom.